The fraction of sp³-hybridized carbons (Fsp3) is 0.333. The van der Waals surface area contributed by atoms with Gasteiger partial charge in [-0.15, -0.1) is 0 Å². The average molecular weight is 173 g/mol. The maximum atomic E-state index is 3.12. The van der Waals surface area contributed by atoms with Crippen molar-refractivity contribution in [3.63, 3.8) is 0 Å². The molecule has 0 fully saturated rings. The van der Waals surface area contributed by atoms with Gasteiger partial charge < -0.3 is 5.32 Å². The number of aryl methyl sites for hydroxylation is 1. The van der Waals surface area contributed by atoms with Gasteiger partial charge in [-0.25, -0.2) is 0 Å². The molecular formula is C12H15N. The minimum atomic E-state index is 0.621. The molecule has 0 spiro atoms. The smallest absolute Gasteiger partial charge is 0.0617 e. The second-order valence-electron chi connectivity index (χ2n) is 3.93. The van der Waals surface area contributed by atoms with Crippen LogP contribution in [0.25, 0.3) is 5.70 Å². The molecule has 1 aliphatic heterocycles. The van der Waals surface area contributed by atoms with Gasteiger partial charge in [-0.05, 0) is 35.6 Å². The zero-order valence-corrected chi connectivity index (χ0v) is 8.39. The van der Waals surface area contributed by atoms with Gasteiger partial charge in [-0.1, -0.05) is 26.0 Å². The van der Waals surface area contributed by atoms with Crippen LogP contribution in [-0.4, -0.2) is 0 Å². The third-order valence-electron chi connectivity index (χ3n) is 2.49. The molecule has 1 aliphatic rings. The maximum Gasteiger partial charge on any atom is 0.0617 e. The Labute approximate surface area is 79.5 Å². The molecule has 1 nitrogen and oxygen atoms in total. The van der Waals surface area contributed by atoms with Gasteiger partial charge in [0.1, 0.15) is 0 Å². The molecule has 0 atom stereocenters. The van der Waals surface area contributed by atoms with Crippen LogP contribution in [0.2, 0.25) is 0 Å². The van der Waals surface area contributed by atoms with Crippen molar-refractivity contribution in [2.75, 3.05) is 0 Å². The summed E-state index contributed by atoms with van der Waals surface area (Å²) in [7, 11) is 0. The monoisotopic (exact) mass is 173 g/mol. The summed E-state index contributed by atoms with van der Waals surface area (Å²) in [5.41, 5.74) is 5.41. The van der Waals surface area contributed by atoms with Crippen LogP contribution in [0.3, 0.4) is 0 Å². The molecule has 0 aromatic heterocycles. The van der Waals surface area contributed by atoms with Crippen molar-refractivity contribution in [2.45, 2.75) is 26.7 Å². The summed E-state index contributed by atoms with van der Waals surface area (Å²) >= 11 is 0. The summed E-state index contributed by atoms with van der Waals surface area (Å²) in [5.74, 6) is 0.621. The molecule has 0 radical (unpaired) electrons. The lowest BCUT2D eigenvalue weighted by Crippen LogP contribution is -1.93. The van der Waals surface area contributed by atoms with E-state index in [0.717, 1.165) is 0 Å². The molecule has 0 unspecified atom stereocenters. The van der Waals surface area contributed by atoms with Crippen molar-refractivity contribution in [3.05, 3.63) is 41.1 Å². The van der Waals surface area contributed by atoms with E-state index < -0.39 is 0 Å². The van der Waals surface area contributed by atoms with Crippen LogP contribution in [-0.2, 0) is 0 Å². The Morgan fingerprint density at radius 3 is 2.38 bits per heavy atom. The maximum absolute atomic E-state index is 3.12. The number of hydrogen-bond acceptors (Lipinski definition) is 1. The van der Waals surface area contributed by atoms with E-state index in [4.69, 9.17) is 0 Å². The summed E-state index contributed by atoms with van der Waals surface area (Å²) in [5, 5.41) is 3.12. The first-order chi connectivity index (χ1) is 6.18. The zero-order chi connectivity index (χ0) is 9.42. The van der Waals surface area contributed by atoms with Crippen molar-refractivity contribution in [2.24, 2.45) is 0 Å². The van der Waals surface area contributed by atoms with Crippen molar-refractivity contribution < 1.29 is 0 Å². The second kappa shape index (κ2) is 2.91. The van der Waals surface area contributed by atoms with Gasteiger partial charge in [0.05, 0.1) is 5.70 Å². The molecule has 1 aromatic carbocycles. The lowest BCUT2D eigenvalue weighted by molar-refractivity contribution is 0.856. The predicted octanol–water partition coefficient (Wildman–Crippen LogP) is 3.02. The molecule has 0 amide bonds. The standard InChI is InChI=1S/C12H15N/c1-8(2)11-5-4-10(6-9(11)3)12-7-13-12/h4-8,13H,1-3H3. The Bertz CT molecular complexity index is 361. The predicted molar refractivity (Wildman–Crippen MR) is 56.4 cm³/mol. The van der Waals surface area contributed by atoms with E-state index in [0.29, 0.717) is 5.92 Å². The Hall–Kier alpha value is -1.24. The first-order valence-corrected chi connectivity index (χ1v) is 4.76. The van der Waals surface area contributed by atoms with E-state index in [9.17, 15) is 0 Å². The Morgan fingerprint density at radius 1 is 1.23 bits per heavy atom. The third-order valence-corrected chi connectivity index (χ3v) is 2.49. The lowest BCUT2D eigenvalue weighted by Gasteiger charge is -2.09. The van der Waals surface area contributed by atoms with Crippen LogP contribution in [0.4, 0.5) is 0 Å². The Kier molecular flexibility index (Phi) is 1.87. The summed E-state index contributed by atoms with van der Waals surface area (Å²) < 4.78 is 0. The fourth-order valence-electron chi connectivity index (χ4n) is 1.69. The molecule has 0 bridgehead atoms. The Balaban J connectivity index is 2.37. The van der Waals surface area contributed by atoms with Crippen LogP contribution >= 0.6 is 0 Å². The minimum Gasteiger partial charge on any atom is -0.358 e. The first-order valence-electron chi connectivity index (χ1n) is 4.76. The number of benzene rings is 1. The molecule has 1 heteroatoms. The second-order valence-corrected chi connectivity index (χ2v) is 3.93. The van der Waals surface area contributed by atoms with Gasteiger partial charge in [0.2, 0.25) is 0 Å². The zero-order valence-electron chi connectivity index (χ0n) is 8.39. The van der Waals surface area contributed by atoms with Crippen LogP contribution in [0.1, 0.15) is 36.5 Å². The van der Waals surface area contributed by atoms with Crippen LogP contribution in [0.5, 0.6) is 0 Å². The van der Waals surface area contributed by atoms with E-state index in [1.807, 2.05) is 6.20 Å². The fourth-order valence-corrected chi connectivity index (χ4v) is 1.69. The topological polar surface area (TPSA) is 21.9 Å². The van der Waals surface area contributed by atoms with Crippen molar-refractivity contribution >= 4 is 5.70 Å². The van der Waals surface area contributed by atoms with Crippen molar-refractivity contribution in [1.29, 1.82) is 0 Å². The summed E-state index contributed by atoms with van der Waals surface area (Å²) in [6.07, 6.45) is 2.03. The Morgan fingerprint density at radius 2 is 1.92 bits per heavy atom. The van der Waals surface area contributed by atoms with Crippen molar-refractivity contribution in [3.8, 4) is 0 Å². The highest BCUT2D eigenvalue weighted by Gasteiger charge is 2.11. The van der Waals surface area contributed by atoms with Gasteiger partial charge in [0.25, 0.3) is 0 Å². The SMILES string of the molecule is Cc1cc(C2=CN2)ccc1C(C)C. The van der Waals surface area contributed by atoms with Crippen molar-refractivity contribution in [1.82, 2.24) is 5.32 Å². The van der Waals surface area contributed by atoms with E-state index in [-0.39, 0.29) is 0 Å². The summed E-state index contributed by atoms with van der Waals surface area (Å²) in [6, 6.07) is 6.67. The highest BCUT2D eigenvalue weighted by molar-refractivity contribution is 5.74. The number of nitrogens with one attached hydrogen (secondary N) is 1. The largest absolute Gasteiger partial charge is 0.358 e. The summed E-state index contributed by atoms with van der Waals surface area (Å²) in [4.78, 5) is 0. The quantitative estimate of drug-likeness (QED) is 0.729. The number of rotatable bonds is 2. The molecule has 1 aromatic rings. The molecule has 1 heterocycles. The first kappa shape index (κ1) is 8.36. The molecule has 0 saturated heterocycles. The highest BCUT2D eigenvalue weighted by atomic mass is 15.0. The van der Waals surface area contributed by atoms with Crippen LogP contribution < -0.4 is 5.32 Å². The van der Waals surface area contributed by atoms with Crippen LogP contribution in [0, 0.1) is 6.92 Å². The van der Waals surface area contributed by atoms with E-state index in [1.54, 1.807) is 0 Å². The summed E-state index contributed by atoms with van der Waals surface area (Å²) in [6.45, 7) is 6.65. The van der Waals surface area contributed by atoms with E-state index in [1.165, 1.54) is 22.4 Å². The minimum absolute atomic E-state index is 0.621. The third kappa shape index (κ3) is 1.59. The molecule has 0 saturated carbocycles. The molecule has 1 N–H and O–H groups in total. The highest BCUT2D eigenvalue weighted by Crippen LogP contribution is 2.25. The lowest BCUT2D eigenvalue weighted by atomic mass is 9.96. The van der Waals surface area contributed by atoms with Gasteiger partial charge in [0, 0.05) is 6.20 Å². The molecule has 0 aliphatic carbocycles. The van der Waals surface area contributed by atoms with Gasteiger partial charge in [0.15, 0.2) is 0 Å². The molecule has 2 rings (SSSR count). The van der Waals surface area contributed by atoms with Gasteiger partial charge in [-0.3, -0.25) is 0 Å². The van der Waals surface area contributed by atoms with Gasteiger partial charge >= 0.3 is 0 Å². The normalized spacial score (nSPS) is 14.0. The molecule has 13 heavy (non-hydrogen) atoms. The average Bonchev–Trinajstić information content (AvgIpc) is 2.85. The molecule has 68 valence electrons. The number of hydrogen-bond donors (Lipinski definition) is 1. The van der Waals surface area contributed by atoms with E-state index in [2.05, 4.69) is 44.3 Å². The molecular weight excluding hydrogens is 158 g/mol. The van der Waals surface area contributed by atoms with E-state index >= 15 is 0 Å². The van der Waals surface area contributed by atoms with Crippen LogP contribution in [0.15, 0.2) is 24.4 Å². The van der Waals surface area contributed by atoms with Gasteiger partial charge in [-0.2, -0.15) is 0 Å².